The second-order valence-electron chi connectivity index (χ2n) is 3.70. The molecule has 0 radical (unpaired) electrons. The van der Waals surface area contributed by atoms with Crippen LogP contribution in [0.2, 0.25) is 0 Å². The standard InChI is InChI=1S/C9H16N4O/c1-2-13-9(6-11-12-13)14-8-4-3-7(10)5-8/h6-8H,2-5,10H2,1H3. The number of nitrogens with two attached hydrogens (primary N) is 1. The van der Waals surface area contributed by atoms with E-state index in [2.05, 4.69) is 10.3 Å². The molecular formula is C9H16N4O. The maximum absolute atomic E-state index is 5.81. The van der Waals surface area contributed by atoms with Gasteiger partial charge in [-0.15, -0.1) is 5.10 Å². The molecule has 5 heteroatoms. The maximum Gasteiger partial charge on any atom is 0.232 e. The molecule has 2 unspecified atom stereocenters. The van der Waals surface area contributed by atoms with Crippen LogP contribution in [0.15, 0.2) is 6.20 Å². The highest BCUT2D eigenvalue weighted by molar-refractivity contribution is 5.03. The van der Waals surface area contributed by atoms with Crippen LogP contribution in [0.25, 0.3) is 0 Å². The van der Waals surface area contributed by atoms with Crippen LogP contribution in [0.1, 0.15) is 26.2 Å². The van der Waals surface area contributed by atoms with Gasteiger partial charge in [0.2, 0.25) is 5.88 Å². The SMILES string of the molecule is CCn1nncc1OC1CCC(N)C1. The largest absolute Gasteiger partial charge is 0.473 e. The third-order valence-electron chi connectivity index (χ3n) is 2.59. The first kappa shape index (κ1) is 9.45. The summed E-state index contributed by atoms with van der Waals surface area (Å²) in [6.45, 7) is 2.80. The van der Waals surface area contributed by atoms with Gasteiger partial charge in [-0.1, -0.05) is 5.21 Å². The van der Waals surface area contributed by atoms with Crippen LogP contribution in [0, 0.1) is 0 Å². The third kappa shape index (κ3) is 1.87. The van der Waals surface area contributed by atoms with Gasteiger partial charge in [0.05, 0.1) is 0 Å². The van der Waals surface area contributed by atoms with Gasteiger partial charge in [0.1, 0.15) is 12.3 Å². The van der Waals surface area contributed by atoms with Gasteiger partial charge < -0.3 is 10.5 Å². The van der Waals surface area contributed by atoms with Crippen molar-refractivity contribution in [2.75, 3.05) is 0 Å². The molecule has 2 rings (SSSR count). The number of rotatable bonds is 3. The van der Waals surface area contributed by atoms with Crippen molar-refractivity contribution in [1.82, 2.24) is 15.0 Å². The predicted molar refractivity (Wildman–Crippen MR) is 51.9 cm³/mol. The topological polar surface area (TPSA) is 66.0 Å². The fourth-order valence-electron chi connectivity index (χ4n) is 1.81. The molecule has 1 aliphatic rings. The molecule has 1 heterocycles. The van der Waals surface area contributed by atoms with E-state index in [1.807, 2.05) is 6.92 Å². The van der Waals surface area contributed by atoms with Crippen LogP contribution in [-0.4, -0.2) is 27.1 Å². The number of aromatic nitrogens is 3. The minimum atomic E-state index is 0.244. The summed E-state index contributed by atoms with van der Waals surface area (Å²) >= 11 is 0. The molecule has 1 saturated carbocycles. The van der Waals surface area contributed by atoms with Gasteiger partial charge in [-0.05, 0) is 26.2 Å². The highest BCUT2D eigenvalue weighted by Crippen LogP contribution is 2.22. The van der Waals surface area contributed by atoms with E-state index >= 15 is 0 Å². The number of nitrogens with zero attached hydrogens (tertiary/aromatic N) is 3. The molecule has 5 nitrogen and oxygen atoms in total. The quantitative estimate of drug-likeness (QED) is 0.767. The van der Waals surface area contributed by atoms with Gasteiger partial charge in [-0.25, -0.2) is 4.68 Å². The second-order valence-corrected chi connectivity index (χ2v) is 3.70. The summed E-state index contributed by atoms with van der Waals surface area (Å²) in [7, 11) is 0. The Balaban J connectivity index is 1.97. The van der Waals surface area contributed by atoms with E-state index < -0.39 is 0 Å². The molecular weight excluding hydrogens is 180 g/mol. The van der Waals surface area contributed by atoms with E-state index in [0.717, 1.165) is 31.7 Å². The highest BCUT2D eigenvalue weighted by Gasteiger charge is 2.24. The highest BCUT2D eigenvalue weighted by atomic mass is 16.5. The van der Waals surface area contributed by atoms with Crippen molar-refractivity contribution in [3.8, 4) is 5.88 Å². The van der Waals surface area contributed by atoms with Crippen LogP contribution in [-0.2, 0) is 6.54 Å². The lowest BCUT2D eigenvalue weighted by Crippen LogP contribution is -2.20. The van der Waals surface area contributed by atoms with Crippen molar-refractivity contribution in [1.29, 1.82) is 0 Å². The average Bonchev–Trinajstić information content (AvgIpc) is 2.76. The fourth-order valence-corrected chi connectivity index (χ4v) is 1.81. The molecule has 0 amide bonds. The maximum atomic E-state index is 5.81. The Morgan fingerprint density at radius 3 is 3.14 bits per heavy atom. The first-order valence-corrected chi connectivity index (χ1v) is 5.10. The lowest BCUT2D eigenvalue weighted by molar-refractivity contribution is 0.188. The van der Waals surface area contributed by atoms with E-state index in [1.54, 1.807) is 10.9 Å². The molecule has 2 N–H and O–H groups in total. The van der Waals surface area contributed by atoms with Crippen molar-refractivity contribution in [2.24, 2.45) is 5.73 Å². The van der Waals surface area contributed by atoms with E-state index in [-0.39, 0.29) is 6.10 Å². The zero-order chi connectivity index (χ0) is 9.97. The Bertz CT molecular complexity index is 299. The van der Waals surface area contributed by atoms with E-state index in [4.69, 9.17) is 10.5 Å². The Morgan fingerprint density at radius 1 is 1.64 bits per heavy atom. The number of ether oxygens (including phenoxy) is 1. The normalized spacial score (nSPS) is 26.7. The summed E-state index contributed by atoms with van der Waals surface area (Å²) in [6, 6.07) is 0.297. The van der Waals surface area contributed by atoms with Crippen molar-refractivity contribution in [2.45, 2.75) is 44.9 Å². The van der Waals surface area contributed by atoms with Gasteiger partial charge in [-0.3, -0.25) is 0 Å². The minimum absolute atomic E-state index is 0.244. The lowest BCUT2D eigenvalue weighted by Gasteiger charge is -2.12. The van der Waals surface area contributed by atoms with E-state index in [1.165, 1.54) is 0 Å². The average molecular weight is 196 g/mol. The summed E-state index contributed by atoms with van der Waals surface area (Å²) in [5, 5.41) is 7.72. The molecule has 0 aromatic carbocycles. The van der Waals surface area contributed by atoms with Crippen molar-refractivity contribution >= 4 is 0 Å². The Morgan fingerprint density at radius 2 is 2.50 bits per heavy atom. The molecule has 0 aliphatic heterocycles. The third-order valence-corrected chi connectivity index (χ3v) is 2.59. The summed E-state index contributed by atoms with van der Waals surface area (Å²) in [5.74, 6) is 0.756. The van der Waals surface area contributed by atoms with Gasteiger partial charge in [0.25, 0.3) is 0 Å². The molecule has 14 heavy (non-hydrogen) atoms. The summed E-state index contributed by atoms with van der Waals surface area (Å²) < 4.78 is 7.52. The second kappa shape index (κ2) is 3.96. The Labute approximate surface area is 83.2 Å². The van der Waals surface area contributed by atoms with Gasteiger partial charge in [-0.2, -0.15) is 0 Å². The molecule has 1 fully saturated rings. The summed E-state index contributed by atoms with van der Waals surface area (Å²) in [4.78, 5) is 0. The first-order chi connectivity index (χ1) is 6.79. The van der Waals surface area contributed by atoms with Gasteiger partial charge >= 0.3 is 0 Å². The number of hydrogen-bond donors (Lipinski definition) is 1. The molecule has 0 bridgehead atoms. The zero-order valence-corrected chi connectivity index (χ0v) is 8.39. The monoisotopic (exact) mass is 196 g/mol. The van der Waals surface area contributed by atoms with Gasteiger partial charge in [0.15, 0.2) is 0 Å². The van der Waals surface area contributed by atoms with Gasteiger partial charge in [0, 0.05) is 12.6 Å². The Hall–Kier alpha value is -1.10. The zero-order valence-electron chi connectivity index (χ0n) is 8.39. The first-order valence-electron chi connectivity index (χ1n) is 5.10. The van der Waals surface area contributed by atoms with E-state index in [9.17, 15) is 0 Å². The molecule has 0 saturated heterocycles. The van der Waals surface area contributed by atoms with E-state index in [0.29, 0.717) is 6.04 Å². The van der Waals surface area contributed by atoms with Crippen LogP contribution in [0.5, 0.6) is 5.88 Å². The number of hydrogen-bond acceptors (Lipinski definition) is 4. The number of aryl methyl sites for hydroxylation is 1. The molecule has 1 aliphatic carbocycles. The lowest BCUT2D eigenvalue weighted by atomic mass is 10.3. The van der Waals surface area contributed by atoms with Crippen molar-refractivity contribution in [3.05, 3.63) is 6.20 Å². The molecule has 1 aromatic rings. The van der Waals surface area contributed by atoms with Crippen LogP contribution < -0.4 is 10.5 Å². The predicted octanol–water partition coefficient (Wildman–Crippen LogP) is 0.557. The molecule has 78 valence electrons. The fraction of sp³-hybridized carbons (Fsp3) is 0.778. The van der Waals surface area contributed by atoms with Crippen molar-refractivity contribution < 1.29 is 4.74 Å². The van der Waals surface area contributed by atoms with Crippen LogP contribution >= 0.6 is 0 Å². The van der Waals surface area contributed by atoms with Crippen LogP contribution in [0.4, 0.5) is 0 Å². The Kier molecular flexibility index (Phi) is 2.67. The molecule has 2 atom stereocenters. The minimum Gasteiger partial charge on any atom is -0.473 e. The summed E-state index contributed by atoms with van der Waals surface area (Å²) in [5.41, 5.74) is 5.81. The van der Waals surface area contributed by atoms with Crippen molar-refractivity contribution in [3.63, 3.8) is 0 Å². The van der Waals surface area contributed by atoms with Crippen LogP contribution in [0.3, 0.4) is 0 Å². The molecule has 0 spiro atoms. The summed E-state index contributed by atoms with van der Waals surface area (Å²) in [6.07, 6.45) is 4.94. The molecule has 1 aromatic heterocycles. The smallest absolute Gasteiger partial charge is 0.232 e.